The van der Waals surface area contributed by atoms with Crippen LogP contribution in [0.5, 0.6) is 0 Å². The summed E-state index contributed by atoms with van der Waals surface area (Å²) in [5.41, 5.74) is -1.46. The molecule has 0 aromatic heterocycles. The van der Waals surface area contributed by atoms with Crippen LogP contribution in [0.1, 0.15) is 98.8 Å². The topological polar surface area (TPSA) is 80.7 Å². The molecule has 0 heterocycles. The van der Waals surface area contributed by atoms with Crippen molar-refractivity contribution >= 4 is 17.7 Å². The first-order chi connectivity index (χ1) is 11.9. The lowest BCUT2D eigenvalue weighted by molar-refractivity contribution is -0.162. The fourth-order valence-electron chi connectivity index (χ4n) is 3.00. The van der Waals surface area contributed by atoms with Crippen LogP contribution in [-0.2, 0) is 19.1 Å². The number of Topliss-reactive ketones (excluding diaryl/α,β-unsaturated/α-hetero) is 1. The molecule has 0 amide bonds. The van der Waals surface area contributed by atoms with Crippen LogP contribution in [0.25, 0.3) is 0 Å². The number of ketones is 1. The van der Waals surface area contributed by atoms with Gasteiger partial charge in [0.25, 0.3) is 0 Å². The normalized spacial score (nSPS) is 16.2. The third-order valence-corrected chi connectivity index (χ3v) is 5.13. The Hall–Kier alpha value is -1.39. The zero-order chi connectivity index (χ0) is 20.0. The maximum Gasteiger partial charge on any atom is 0.312 e. The molecular formula is C21H36O5. The highest BCUT2D eigenvalue weighted by molar-refractivity contribution is 5.80. The fourth-order valence-corrected chi connectivity index (χ4v) is 3.00. The number of ether oxygens (including phenoxy) is 1. The highest BCUT2D eigenvalue weighted by Gasteiger charge is 2.51. The molecular weight excluding hydrogens is 332 g/mol. The van der Waals surface area contributed by atoms with Crippen molar-refractivity contribution in [3.05, 3.63) is 0 Å². The molecule has 1 aliphatic rings. The highest BCUT2D eigenvalue weighted by atomic mass is 16.6. The number of hydrogen-bond donors (Lipinski definition) is 1. The number of carboxylic acid groups (broad SMARTS) is 1. The van der Waals surface area contributed by atoms with Gasteiger partial charge in [0, 0.05) is 12.8 Å². The van der Waals surface area contributed by atoms with E-state index in [-0.39, 0.29) is 17.2 Å². The summed E-state index contributed by atoms with van der Waals surface area (Å²) < 4.78 is 5.51. The second-order valence-corrected chi connectivity index (χ2v) is 9.42. The number of carbonyl (C=O) groups excluding carboxylic acids is 2. The predicted octanol–water partition coefficient (Wildman–Crippen LogP) is 4.91. The molecule has 0 atom stereocenters. The molecule has 5 heteroatoms. The number of carboxylic acids is 1. The summed E-state index contributed by atoms with van der Waals surface area (Å²) in [4.78, 5) is 35.2. The molecule has 150 valence electrons. The molecule has 1 fully saturated rings. The lowest BCUT2D eigenvalue weighted by Gasteiger charge is -2.23. The maximum atomic E-state index is 12.2. The van der Waals surface area contributed by atoms with Gasteiger partial charge in [0.1, 0.15) is 11.4 Å². The van der Waals surface area contributed by atoms with Gasteiger partial charge >= 0.3 is 11.9 Å². The minimum absolute atomic E-state index is 0.0858. The van der Waals surface area contributed by atoms with Gasteiger partial charge < -0.3 is 9.84 Å². The molecule has 0 unspecified atom stereocenters. The molecule has 1 rings (SSSR count). The number of aliphatic carboxylic acids is 1. The molecule has 26 heavy (non-hydrogen) atoms. The first-order valence-electron chi connectivity index (χ1n) is 9.87. The van der Waals surface area contributed by atoms with Crippen molar-refractivity contribution in [3.63, 3.8) is 0 Å². The van der Waals surface area contributed by atoms with E-state index in [1.165, 1.54) is 0 Å². The van der Waals surface area contributed by atoms with Gasteiger partial charge in [0.2, 0.25) is 0 Å². The van der Waals surface area contributed by atoms with E-state index in [4.69, 9.17) is 9.84 Å². The quantitative estimate of drug-likeness (QED) is 0.391. The van der Waals surface area contributed by atoms with Crippen molar-refractivity contribution in [3.8, 4) is 0 Å². The number of carbonyl (C=O) groups is 3. The van der Waals surface area contributed by atoms with Crippen molar-refractivity contribution in [2.24, 2.45) is 10.8 Å². The fraction of sp³-hybridized carbons (Fsp3) is 0.857. The van der Waals surface area contributed by atoms with Crippen LogP contribution >= 0.6 is 0 Å². The molecule has 0 aromatic carbocycles. The molecule has 1 saturated carbocycles. The first-order valence-corrected chi connectivity index (χ1v) is 9.87. The van der Waals surface area contributed by atoms with Crippen LogP contribution in [-0.4, -0.2) is 28.4 Å². The van der Waals surface area contributed by atoms with E-state index in [9.17, 15) is 14.4 Å². The largest absolute Gasteiger partial charge is 0.481 e. The summed E-state index contributed by atoms with van der Waals surface area (Å²) in [5, 5.41) is 9.07. The lowest BCUT2D eigenvalue weighted by atomic mass is 9.87. The van der Waals surface area contributed by atoms with E-state index in [2.05, 4.69) is 0 Å². The Labute approximate surface area is 157 Å². The van der Waals surface area contributed by atoms with Gasteiger partial charge in [0.05, 0.1) is 10.8 Å². The van der Waals surface area contributed by atoms with Gasteiger partial charge in [0.15, 0.2) is 0 Å². The van der Waals surface area contributed by atoms with Crippen molar-refractivity contribution in [2.45, 2.75) is 104 Å². The summed E-state index contributed by atoms with van der Waals surface area (Å²) in [7, 11) is 0. The summed E-state index contributed by atoms with van der Waals surface area (Å²) in [5.74, 6) is -0.638. The summed E-state index contributed by atoms with van der Waals surface area (Å²) >= 11 is 0. The standard InChI is InChI=1S/C21H36O5/c1-19(2,3)26-18(25)21(14-15-21)13-9-7-11-16(22)10-6-8-12-20(4,5)17(23)24/h6-15H2,1-5H3,(H,23,24). The minimum Gasteiger partial charge on any atom is -0.481 e. The Morgan fingerprint density at radius 3 is 1.92 bits per heavy atom. The van der Waals surface area contributed by atoms with Crippen molar-refractivity contribution in [1.29, 1.82) is 0 Å². The van der Waals surface area contributed by atoms with Crippen LogP contribution in [0.15, 0.2) is 0 Å². The van der Waals surface area contributed by atoms with Gasteiger partial charge in [-0.1, -0.05) is 12.8 Å². The van der Waals surface area contributed by atoms with Gasteiger partial charge in [-0.3, -0.25) is 14.4 Å². The average molecular weight is 369 g/mol. The van der Waals surface area contributed by atoms with Crippen LogP contribution in [0.3, 0.4) is 0 Å². The molecule has 0 bridgehead atoms. The zero-order valence-electron chi connectivity index (χ0n) is 17.2. The van der Waals surface area contributed by atoms with Crippen molar-refractivity contribution in [2.75, 3.05) is 0 Å². The number of hydrogen-bond acceptors (Lipinski definition) is 4. The van der Waals surface area contributed by atoms with Gasteiger partial charge in [-0.15, -0.1) is 0 Å². The molecule has 0 radical (unpaired) electrons. The summed E-state index contributed by atoms with van der Waals surface area (Å²) in [6, 6.07) is 0. The maximum absolute atomic E-state index is 12.2. The van der Waals surface area contributed by atoms with Gasteiger partial charge in [-0.25, -0.2) is 0 Å². The molecule has 0 spiro atoms. The monoisotopic (exact) mass is 368 g/mol. The zero-order valence-corrected chi connectivity index (χ0v) is 17.2. The van der Waals surface area contributed by atoms with Crippen LogP contribution < -0.4 is 0 Å². The molecule has 0 aliphatic heterocycles. The smallest absolute Gasteiger partial charge is 0.312 e. The van der Waals surface area contributed by atoms with Crippen molar-refractivity contribution in [1.82, 2.24) is 0 Å². The number of unbranched alkanes of at least 4 members (excludes halogenated alkanes) is 2. The van der Waals surface area contributed by atoms with Crippen molar-refractivity contribution < 1.29 is 24.2 Å². The Morgan fingerprint density at radius 1 is 0.923 bits per heavy atom. The third-order valence-electron chi connectivity index (χ3n) is 5.13. The van der Waals surface area contributed by atoms with E-state index in [1.54, 1.807) is 13.8 Å². The summed E-state index contributed by atoms with van der Waals surface area (Å²) in [6.45, 7) is 9.09. The second kappa shape index (κ2) is 9.01. The first kappa shape index (κ1) is 22.7. The van der Waals surface area contributed by atoms with E-state index < -0.39 is 17.0 Å². The van der Waals surface area contributed by atoms with E-state index in [0.717, 1.165) is 44.9 Å². The molecule has 1 aliphatic carbocycles. The third kappa shape index (κ3) is 7.88. The van der Waals surface area contributed by atoms with Gasteiger partial charge in [-0.2, -0.15) is 0 Å². The minimum atomic E-state index is -0.789. The van der Waals surface area contributed by atoms with Crippen LogP contribution in [0.4, 0.5) is 0 Å². The SMILES string of the molecule is CC(C)(C)OC(=O)C1(CCCCC(=O)CCCCC(C)(C)C(=O)O)CC1. The number of rotatable bonds is 12. The van der Waals surface area contributed by atoms with Gasteiger partial charge in [-0.05, 0) is 73.1 Å². The lowest BCUT2D eigenvalue weighted by Crippen LogP contribution is -2.29. The Morgan fingerprint density at radius 2 is 1.46 bits per heavy atom. The second-order valence-electron chi connectivity index (χ2n) is 9.42. The number of esters is 1. The Balaban J connectivity index is 2.15. The molecule has 0 aromatic rings. The molecule has 0 saturated heterocycles. The molecule has 1 N–H and O–H groups in total. The Bertz CT molecular complexity index is 509. The highest BCUT2D eigenvalue weighted by Crippen LogP contribution is 2.51. The average Bonchev–Trinajstić information content (AvgIpc) is 3.27. The van der Waals surface area contributed by atoms with E-state index in [0.29, 0.717) is 19.3 Å². The van der Waals surface area contributed by atoms with Crippen LogP contribution in [0, 0.1) is 10.8 Å². The van der Waals surface area contributed by atoms with Crippen LogP contribution in [0.2, 0.25) is 0 Å². The van der Waals surface area contributed by atoms with E-state index >= 15 is 0 Å². The predicted molar refractivity (Wildman–Crippen MR) is 101 cm³/mol. The van der Waals surface area contributed by atoms with E-state index in [1.807, 2.05) is 20.8 Å². The summed E-state index contributed by atoms with van der Waals surface area (Å²) in [6.07, 6.45) is 7.45. The Kier molecular flexibility index (Phi) is 7.85. The molecule has 5 nitrogen and oxygen atoms in total.